The van der Waals surface area contributed by atoms with Crippen LogP contribution in [0.3, 0.4) is 0 Å². The third kappa shape index (κ3) is 6.93. The smallest absolute Gasteiger partial charge is 0.273 e. The van der Waals surface area contributed by atoms with Crippen LogP contribution in [0.15, 0.2) is 35.5 Å². The highest BCUT2D eigenvalue weighted by Gasteiger charge is 2.66. The van der Waals surface area contributed by atoms with E-state index in [-0.39, 0.29) is 18.6 Å². The molecule has 16 heteroatoms. The lowest BCUT2D eigenvalue weighted by Gasteiger charge is -2.40. The van der Waals surface area contributed by atoms with Crippen LogP contribution in [0, 0.1) is 0 Å². The van der Waals surface area contributed by atoms with E-state index >= 15 is 0 Å². The molecule has 2 N–H and O–H groups in total. The van der Waals surface area contributed by atoms with Crippen LogP contribution in [-0.4, -0.2) is 26.6 Å². The lowest BCUT2D eigenvalue weighted by molar-refractivity contribution is -0.137. The summed E-state index contributed by atoms with van der Waals surface area (Å²) in [5, 5.41) is 3.55. The molecule has 178 valence electrons. The van der Waals surface area contributed by atoms with E-state index in [9.17, 15) is 42.2 Å². The SMILES string of the molecule is CCCC(=O)NNC(=O)C=Cn1cnc(-c2cc(C(F)(F)F)cc(S(F)(F)(F)(F)F)c2)n1. The van der Waals surface area contributed by atoms with Crippen LogP contribution in [0.2, 0.25) is 0 Å². The monoisotopic (exact) mass is 493 g/mol. The van der Waals surface area contributed by atoms with Crippen molar-refractivity contribution in [1.29, 1.82) is 0 Å². The fraction of sp³-hybridized carbons (Fsp3) is 0.250. The standard InChI is InChI=1S/C16H15F8N5O2S/c1-2-3-13(30)26-27-14(31)4-5-29-9-25-15(28-29)10-6-11(16(17,18)19)8-12(7-10)32(20,21,22,23)24/h4-9H,2-3H2,1H3,(H,26,30)(H,27,31). The molecule has 1 aromatic heterocycles. The first-order valence-electron chi connectivity index (χ1n) is 8.54. The Bertz CT molecular complexity index is 1060. The van der Waals surface area contributed by atoms with E-state index in [0.29, 0.717) is 6.42 Å². The molecular weight excluding hydrogens is 478 g/mol. The Labute approximate surface area is 175 Å². The molecule has 0 bridgehead atoms. The molecule has 0 aliphatic heterocycles. The molecule has 0 aliphatic rings. The fourth-order valence-electron chi connectivity index (χ4n) is 2.20. The van der Waals surface area contributed by atoms with Gasteiger partial charge in [0.05, 0.1) is 5.56 Å². The van der Waals surface area contributed by atoms with Crippen molar-refractivity contribution in [1.82, 2.24) is 25.6 Å². The average molecular weight is 493 g/mol. The highest BCUT2D eigenvalue weighted by atomic mass is 32.5. The normalized spacial score (nSPS) is 14.7. The van der Waals surface area contributed by atoms with Crippen LogP contribution >= 0.6 is 10.2 Å². The minimum absolute atomic E-state index is 0.147. The first kappa shape index (κ1) is 25.1. The highest BCUT2D eigenvalue weighted by Crippen LogP contribution is 3.02. The number of alkyl halides is 3. The Morgan fingerprint density at radius 3 is 2.31 bits per heavy atom. The Morgan fingerprint density at radius 1 is 1.09 bits per heavy atom. The van der Waals surface area contributed by atoms with Crippen molar-refractivity contribution >= 4 is 28.2 Å². The maximum atomic E-state index is 13.1. The van der Waals surface area contributed by atoms with Gasteiger partial charge in [-0.2, -0.15) is 13.2 Å². The van der Waals surface area contributed by atoms with Gasteiger partial charge < -0.3 is 0 Å². The number of halogens is 8. The molecule has 2 rings (SSSR count). The zero-order valence-electron chi connectivity index (χ0n) is 16.0. The zero-order chi connectivity index (χ0) is 24.4. The van der Waals surface area contributed by atoms with Gasteiger partial charge in [-0.25, -0.2) is 9.67 Å². The van der Waals surface area contributed by atoms with Gasteiger partial charge in [-0.3, -0.25) is 20.4 Å². The Morgan fingerprint density at radius 2 is 1.75 bits per heavy atom. The molecule has 0 radical (unpaired) electrons. The van der Waals surface area contributed by atoms with Crippen LogP contribution in [0.4, 0.5) is 32.6 Å². The van der Waals surface area contributed by atoms with Crippen molar-refractivity contribution in [2.24, 2.45) is 0 Å². The molecule has 2 amide bonds. The number of nitrogens with zero attached hydrogens (tertiary/aromatic N) is 3. The maximum absolute atomic E-state index is 13.1. The number of carbonyl (C=O) groups excluding carboxylic acids is 2. The number of hydrazine groups is 1. The first-order chi connectivity index (χ1) is 14.4. The predicted octanol–water partition coefficient (Wildman–Crippen LogP) is 5.04. The van der Waals surface area contributed by atoms with Crippen molar-refractivity contribution in [3.63, 3.8) is 0 Å². The quantitative estimate of drug-likeness (QED) is 0.335. The first-order valence-corrected chi connectivity index (χ1v) is 10.5. The van der Waals surface area contributed by atoms with Gasteiger partial charge in [0.15, 0.2) is 5.82 Å². The summed E-state index contributed by atoms with van der Waals surface area (Å²) in [5.41, 5.74) is 1.17. The molecule has 0 saturated heterocycles. The second-order valence-electron chi connectivity index (χ2n) is 6.36. The van der Waals surface area contributed by atoms with Gasteiger partial charge in [0.1, 0.15) is 11.2 Å². The van der Waals surface area contributed by atoms with Gasteiger partial charge in [-0.05, 0) is 24.6 Å². The molecule has 2 aromatic rings. The summed E-state index contributed by atoms with van der Waals surface area (Å²) in [4.78, 5) is 23.6. The van der Waals surface area contributed by atoms with Crippen LogP contribution < -0.4 is 10.9 Å². The number of amides is 2. The second kappa shape index (κ2) is 7.75. The maximum Gasteiger partial charge on any atom is 0.416 e. The van der Waals surface area contributed by atoms with E-state index in [1.807, 2.05) is 5.43 Å². The minimum Gasteiger partial charge on any atom is -0.273 e. The van der Waals surface area contributed by atoms with Gasteiger partial charge >= 0.3 is 16.4 Å². The summed E-state index contributed by atoms with van der Waals surface area (Å²) >= 11 is 0. The van der Waals surface area contributed by atoms with E-state index in [1.54, 1.807) is 6.92 Å². The Kier molecular flexibility index (Phi) is 6.08. The molecule has 7 nitrogen and oxygen atoms in total. The van der Waals surface area contributed by atoms with Gasteiger partial charge in [0.2, 0.25) is 5.91 Å². The summed E-state index contributed by atoms with van der Waals surface area (Å²) in [5.74, 6) is -2.05. The fourth-order valence-corrected chi connectivity index (χ4v) is 2.90. The summed E-state index contributed by atoms with van der Waals surface area (Å²) in [6.45, 7) is 1.73. The van der Waals surface area contributed by atoms with Crippen molar-refractivity contribution in [2.75, 3.05) is 0 Å². The van der Waals surface area contributed by atoms with Gasteiger partial charge in [0, 0.05) is 24.3 Å². The van der Waals surface area contributed by atoms with Crippen molar-refractivity contribution in [2.45, 2.75) is 30.8 Å². The molecule has 0 aliphatic carbocycles. The molecule has 1 aromatic carbocycles. The lowest BCUT2D eigenvalue weighted by atomic mass is 10.1. The largest absolute Gasteiger partial charge is 0.416 e. The number of hydrogen-bond acceptors (Lipinski definition) is 4. The van der Waals surface area contributed by atoms with E-state index in [1.165, 1.54) is 0 Å². The molecule has 0 fully saturated rings. The van der Waals surface area contributed by atoms with Crippen LogP contribution in [-0.2, 0) is 15.8 Å². The summed E-state index contributed by atoms with van der Waals surface area (Å²) in [6, 6.07) is -0.679. The number of carbonyl (C=O) groups is 2. The number of rotatable bonds is 6. The summed E-state index contributed by atoms with van der Waals surface area (Å²) < 4.78 is 105. The molecular formula is C16H15F8N5O2S. The van der Waals surface area contributed by atoms with Gasteiger partial charge in [-0.1, -0.05) is 26.4 Å². The lowest BCUT2D eigenvalue weighted by Crippen LogP contribution is -2.40. The van der Waals surface area contributed by atoms with E-state index in [2.05, 4.69) is 15.5 Å². The van der Waals surface area contributed by atoms with Crippen LogP contribution in [0.1, 0.15) is 25.3 Å². The van der Waals surface area contributed by atoms with Gasteiger partial charge in [-0.15, -0.1) is 5.10 Å². The number of hydrogen-bond donors (Lipinski definition) is 2. The van der Waals surface area contributed by atoms with Crippen molar-refractivity contribution < 1.29 is 42.2 Å². The van der Waals surface area contributed by atoms with E-state index in [0.717, 1.165) is 23.3 Å². The minimum atomic E-state index is -10.4. The predicted molar refractivity (Wildman–Crippen MR) is 98.4 cm³/mol. The average Bonchev–Trinajstić information content (AvgIpc) is 3.11. The van der Waals surface area contributed by atoms with Crippen LogP contribution in [0.25, 0.3) is 17.6 Å². The zero-order valence-corrected chi connectivity index (χ0v) is 16.8. The van der Waals surface area contributed by atoms with Gasteiger partial charge in [0.25, 0.3) is 5.91 Å². The third-order valence-corrected chi connectivity index (χ3v) is 4.75. The number of benzene rings is 1. The third-order valence-electron chi connectivity index (χ3n) is 3.63. The summed E-state index contributed by atoms with van der Waals surface area (Å²) in [7, 11) is -10.4. The highest BCUT2D eigenvalue weighted by molar-refractivity contribution is 8.45. The molecule has 32 heavy (non-hydrogen) atoms. The molecule has 0 saturated carbocycles. The van der Waals surface area contributed by atoms with Crippen molar-refractivity contribution in [3.05, 3.63) is 36.2 Å². The molecule has 0 atom stereocenters. The van der Waals surface area contributed by atoms with Crippen LogP contribution in [0.5, 0.6) is 0 Å². The molecule has 0 unspecified atom stereocenters. The van der Waals surface area contributed by atoms with E-state index < -0.39 is 56.1 Å². The van der Waals surface area contributed by atoms with E-state index in [4.69, 9.17) is 0 Å². The number of nitrogens with one attached hydrogen (secondary N) is 2. The number of aromatic nitrogens is 3. The topological polar surface area (TPSA) is 88.9 Å². The molecule has 0 spiro atoms. The second-order valence-corrected chi connectivity index (χ2v) is 8.77. The Hall–Kier alpha value is -3.17. The Balaban J connectivity index is 2.32. The van der Waals surface area contributed by atoms with Crippen molar-refractivity contribution in [3.8, 4) is 11.4 Å². The summed E-state index contributed by atoms with van der Waals surface area (Å²) in [6.07, 6.45) is -2.13. The molecule has 1 heterocycles.